The summed E-state index contributed by atoms with van der Waals surface area (Å²) in [5, 5.41) is 11.7. The van der Waals surface area contributed by atoms with Gasteiger partial charge < -0.3 is 4.90 Å². The quantitative estimate of drug-likeness (QED) is 0.925. The molecule has 0 unspecified atom stereocenters. The van der Waals surface area contributed by atoms with Gasteiger partial charge in [0, 0.05) is 37.9 Å². The third kappa shape index (κ3) is 3.10. The fourth-order valence-corrected chi connectivity index (χ4v) is 3.04. The van der Waals surface area contributed by atoms with E-state index in [0.29, 0.717) is 5.92 Å². The molecule has 1 fully saturated rings. The Morgan fingerprint density at radius 1 is 1.45 bits per heavy atom. The van der Waals surface area contributed by atoms with E-state index in [9.17, 15) is 0 Å². The molecule has 3 heterocycles. The lowest BCUT2D eigenvalue weighted by molar-refractivity contribution is 0.208. The van der Waals surface area contributed by atoms with E-state index in [0.717, 1.165) is 25.2 Å². The van der Waals surface area contributed by atoms with Crippen LogP contribution in [0.1, 0.15) is 35.7 Å². The maximum atomic E-state index is 4.43. The fraction of sp³-hybridized carbons (Fsp3) is 0.600. The Bertz CT molecular complexity index is 556. The van der Waals surface area contributed by atoms with Crippen molar-refractivity contribution < 1.29 is 0 Å². The minimum atomic E-state index is 0.586. The number of piperidine rings is 1. The van der Waals surface area contributed by atoms with Crippen LogP contribution in [0.5, 0.6) is 0 Å². The molecule has 0 spiro atoms. The number of hydrogen-bond donors (Lipinski definition) is 1. The Labute approximate surface area is 120 Å². The van der Waals surface area contributed by atoms with Crippen molar-refractivity contribution in [2.24, 2.45) is 7.05 Å². The zero-order chi connectivity index (χ0) is 13.9. The van der Waals surface area contributed by atoms with Gasteiger partial charge in [-0.25, -0.2) is 0 Å². The van der Waals surface area contributed by atoms with Gasteiger partial charge in [-0.2, -0.15) is 10.2 Å². The second kappa shape index (κ2) is 5.79. The van der Waals surface area contributed by atoms with E-state index in [1.807, 2.05) is 17.9 Å². The molecule has 0 aliphatic carbocycles. The van der Waals surface area contributed by atoms with Gasteiger partial charge in [0.25, 0.3) is 0 Å². The van der Waals surface area contributed by atoms with E-state index in [2.05, 4.69) is 39.4 Å². The highest BCUT2D eigenvalue weighted by molar-refractivity contribution is 5.13. The lowest BCUT2D eigenvalue weighted by atomic mass is 9.94. The minimum absolute atomic E-state index is 0.586. The average molecular weight is 273 g/mol. The Morgan fingerprint density at radius 2 is 2.35 bits per heavy atom. The third-order valence-corrected chi connectivity index (χ3v) is 4.12. The van der Waals surface area contributed by atoms with Crippen LogP contribution in [0.4, 0.5) is 0 Å². The van der Waals surface area contributed by atoms with E-state index in [1.54, 1.807) is 0 Å². The SMILES string of the molecule is Cc1cc([C@H]2CCCN(CCc3cnn(C)c3)C2)n[nH]1. The molecule has 1 atom stereocenters. The Kier molecular flexibility index (Phi) is 3.87. The molecule has 0 bridgehead atoms. The largest absolute Gasteiger partial charge is 0.302 e. The summed E-state index contributed by atoms with van der Waals surface area (Å²) < 4.78 is 1.88. The molecule has 2 aromatic heterocycles. The van der Waals surface area contributed by atoms with Crippen LogP contribution >= 0.6 is 0 Å². The Morgan fingerprint density at radius 3 is 3.05 bits per heavy atom. The summed E-state index contributed by atoms with van der Waals surface area (Å²) in [5.41, 5.74) is 3.71. The zero-order valence-electron chi connectivity index (χ0n) is 12.3. The molecule has 0 saturated carbocycles. The first-order chi connectivity index (χ1) is 9.70. The number of likely N-dealkylation sites (tertiary alicyclic amines) is 1. The minimum Gasteiger partial charge on any atom is -0.302 e. The molecule has 1 N–H and O–H groups in total. The van der Waals surface area contributed by atoms with Crippen LogP contribution in [-0.4, -0.2) is 44.5 Å². The van der Waals surface area contributed by atoms with Gasteiger partial charge in [-0.1, -0.05) is 0 Å². The molecule has 20 heavy (non-hydrogen) atoms. The maximum Gasteiger partial charge on any atom is 0.0668 e. The van der Waals surface area contributed by atoms with Crippen LogP contribution < -0.4 is 0 Å². The van der Waals surface area contributed by atoms with Crippen molar-refractivity contribution in [2.45, 2.75) is 32.1 Å². The van der Waals surface area contributed by atoms with E-state index < -0.39 is 0 Å². The van der Waals surface area contributed by atoms with E-state index >= 15 is 0 Å². The number of H-pyrrole nitrogens is 1. The number of aromatic nitrogens is 4. The van der Waals surface area contributed by atoms with Crippen molar-refractivity contribution in [3.63, 3.8) is 0 Å². The van der Waals surface area contributed by atoms with Gasteiger partial charge in [0.15, 0.2) is 0 Å². The number of aromatic amines is 1. The van der Waals surface area contributed by atoms with Gasteiger partial charge in [0.2, 0.25) is 0 Å². The highest BCUT2D eigenvalue weighted by atomic mass is 15.2. The number of aryl methyl sites for hydroxylation is 2. The summed E-state index contributed by atoms with van der Waals surface area (Å²) in [6.07, 6.45) is 7.69. The first-order valence-corrected chi connectivity index (χ1v) is 7.42. The van der Waals surface area contributed by atoms with E-state index in [4.69, 9.17) is 0 Å². The standard InChI is InChI=1S/C15H23N5/c1-12-8-15(18-17-12)14-4-3-6-20(11-14)7-5-13-9-16-19(2)10-13/h8-10,14H,3-7,11H2,1-2H3,(H,17,18)/t14-/m0/s1. The van der Waals surface area contributed by atoms with Crippen LogP contribution in [-0.2, 0) is 13.5 Å². The molecular formula is C15H23N5. The second-order valence-electron chi connectivity index (χ2n) is 5.89. The van der Waals surface area contributed by atoms with Crippen molar-refractivity contribution in [1.82, 2.24) is 24.9 Å². The van der Waals surface area contributed by atoms with Crippen LogP contribution in [0, 0.1) is 6.92 Å². The van der Waals surface area contributed by atoms with Crippen molar-refractivity contribution >= 4 is 0 Å². The van der Waals surface area contributed by atoms with Crippen LogP contribution in [0.25, 0.3) is 0 Å². The van der Waals surface area contributed by atoms with E-state index in [1.165, 1.54) is 30.6 Å². The van der Waals surface area contributed by atoms with Crippen molar-refractivity contribution in [1.29, 1.82) is 0 Å². The molecule has 0 amide bonds. The predicted octanol–water partition coefficient (Wildman–Crippen LogP) is 1.87. The van der Waals surface area contributed by atoms with Gasteiger partial charge in [-0.15, -0.1) is 0 Å². The predicted molar refractivity (Wildman–Crippen MR) is 78.7 cm³/mol. The van der Waals surface area contributed by atoms with E-state index in [-0.39, 0.29) is 0 Å². The van der Waals surface area contributed by atoms with Gasteiger partial charge in [-0.05, 0) is 44.4 Å². The fourth-order valence-electron chi connectivity index (χ4n) is 3.04. The Hall–Kier alpha value is -1.62. The summed E-state index contributed by atoms with van der Waals surface area (Å²) >= 11 is 0. The van der Waals surface area contributed by atoms with Crippen LogP contribution in [0.15, 0.2) is 18.5 Å². The third-order valence-electron chi connectivity index (χ3n) is 4.12. The normalized spacial score (nSPS) is 20.4. The first-order valence-electron chi connectivity index (χ1n) is 7.42. The molecule has 5 heteroatoms. The maximum absolute atomic E-state index is 4.43. The monoisotopic (exact) mass is 273 g/mol. The smallest absolute Gasteiger partial charge is 0.0668 e. The van der Waals surface area contributed by atoms with Crippen molar-refractivity contribution in [3.05, 3.63) is 35.4 Å². The summed E-state index contributed by atoms with van der Waals surface area (Å²) in [7, 11) is 1.97. The van der Waals surface area contributed by atoms with Crippen molar-refractivity contribution in [2.75, 3.05) is 19.6 Å². The lowest BCUT2D eigenvalue weighted by Crippen LogP contribution is -2.35. The second-order valence-corrected chi connectivity index (χ2v) is 5.89. The first kappa shape index (κ1) is 13.4. The number of hydrogen-bond acceptors (Lipinski definition) is 3. The average Bonchev–Trinajstić information content (AvgIpc) is 3.06. The molecule has 3 rings (SSSR count). The summed E-state index contributed by atoms with van der Waals surface area (Å²) in [4.78, 5) is 2.56. The molecule has 0 aromatic carbocycles. The topological polar surface area (TPSA) is 49.7 Å². The molecule has 0 radical (unpaired) electrons. The van der Waals surface area contributed by atoms with Crippen molar-refractivity contribution in [3.8, 4) is 0 Å². The molecule has 1 aliphatic rings. The lowest BCUT2D eigenvalue weighted by Gasteiger charge is -2.31. The molecular weight excluding hydrogens is 250 g/mol. The number of rotatable bonds is 4. The molecule has 1 saturated heterocycles. The highest BCUT2D eigenvalue weighted by Crippen LogP contribution is 2.25. The molecule has 5 nitrogen and oxygen atoms in total. The summed E-state index contributed by atoms with van der Waals surface area (Å²) in [5.74, 6) is 0.586. The zero-order valence-corrected chi connectivity index (χ0v) is 12.3. The number of nitrogens with zero attached hydrogens (tertiary/aromatic N) is 4. The molecule has 1 aliphatic heterocycles. The number of nitrogens with one attached hydrogen (secondary N) is 1. The summed E-state index contributed by atoms with van der Waals surface area (Å²) in [6.45, 7) is 5.52. The van der Waals surface area contributed by atoms with Gasteiger partial charge in [-0.3, -0.25) is 9.78 Å². The summed E-state index contributed by atoms with van der Waals surface area (Å²) in [6, 6.07) is 2.19. The van der Waals surface area contributed by atoms with Crippen LogP contribution in [0.2, 0.25) is 0 Å². The van der Waals surface area contributed by atoms with Crippen LogP contribution in [0.3, 0.4) is 0 Å². The molecule has 2 aromatic rings. The van der Waals surface area contributed by atoms with Gasteiger partial charge >= 0.3 is 0 Å². The highest BCUT2D eigenvalue weighted by Gasteiger charge is 2.22. The van der Waals surface area contributed by atoms with Gasteiger partial charge in [0.1, 0.15) is 0 Å². The Balaban J connectivity index is 1.55. The van der Waals surface area contributed by atoms with Gasteiger partial charge in [0.05, 0.1) is 11.9 Å². The molecule has 108 valence electrons.